The molecule has 2 aromatic heterocycles. The normalized spacial score (nSPS) is 21.2. The Morgan fingerprint density at radius 2 is 1.07 bits per heavy atom. The van der Waals surface area contributed by atoms with E-state index in [2.05, 4.69) is 73.4 Å². The number of fused-ring (bicyclic) bond motifs is 1. The van der Waals surface area contributed by atoms with Crippen LogP contribution in [0, 0.1) is 5.41 Å². The topological polar surface area (TPSA) is 550 Å². The van der Waals surface area contributed by atoms with Gasteiger partial charge in [-0.25, -0.2) is 4.98 Å². The predicted octanol–water partition coefficient (Wildman–Crippen LogP) is -1.73. The van der Waals surface area contributed by atoms with Crippen molar-refractivity contribution in [2.75, 3.05) is 18.1 Å². The molecule has 0 spiro atoms. The Morgan fingerprint density at radius 3 is 1.64 bits per heavy atom. The summed E-state index contributed by atoms with van der Waals surface area (Å²) in [4.78, 5) is 185. The number of H-pyrrole nitrogens is 2. The number of para-hydroxylation sites is 1. The molecule has 1 saturated heterocycles. The van der Waals surface area contributed by atoms with Gasteiger partial charge in [0.2, 0.25) is 70.9 Å². The van der Waals surface area contributed by atoms with Crippen LogP contribution in [0.3, 0.4) is 0 Å². The Labute approximate surface area is 622 Å². The molecule has 107 heavy (non-hydrogen) atoms. The number of hydrogen-bond acceptors (Lipinski definition) is 19. The summed E-state index contributed by atoms with van der Waals surface area (Å²) in [6.07, 6.45) is 2.03. The maximum Gasteiger partial charge on any atom is 0.244 e. The third kappa shape index (κ3) is 25.4. The number of nitrogens with zero attached hydrogens (tertiary/aromatic N) is 1. The van der Waals surface area contributed by atoms with E-state index in [-0.39, 0.29) is 86.6 Å². The van der Waals surface area contributed by atoms with E-state index in [1.807, 2.05) is 0 Å². The number of nitrogens with two attached hydrogens (primary N) is 4. The van der Waals surface area contributed by atoms with E-state index >= 15 is 19.2 Å². The van der Waals surface area contributed by atoms with Gasteiger partial charge in [0.25, 0.3) is 0 Å². The van der Waals surface area contributed by atoms with Crippen molar-refractivity contribution >= 4 is 109 Å². The van der Waals surface area contributed by atoms with E-state index in [1.165, 1.54) is 55.8 Å². The van der Waals surface area contributed by atoms with Gasteiger partial charge < -0.3 is 102 Å². The van der Waals surface area contributed by atoms with E-state index in [9.17, 15) is 48.6 Å². The first-order valence-electron chi connectivity index (χ1n) is 34.1. The number of carbonyl (C=O) groups excluding carboxylic acids is 12. The van der Waals surface area contributed by atoms with Gasteiger partial charge in [-0.15, -0.1) is 0 Å². The second-order valence-electron chi connectivity index (χ2n) is 25.5. The largest absolute Gasteiger partial charge is 0.508 e. The molecule has 33 nitrogen and oxygen atoms in total. The summed E-state index contributed by atoms with van der Waals surface area (Å²) in [5, 5.41) is 57.5. The number of imidazole rings is 1. The number of aromatic hydroxyl groups is 2. The maximum atomic E-state index is 15.2. The van der Waals surface area contributed by atoms with E-state index in [0.29, 0.717) is 38.7 Å². The minimum absolute atomic E-state index is 0.0114. The number of aromatic nitrogens is 3. The molecule has 12 amide bonds. The molecule has 35 heteroatoms. The van der Waals surface area contributed by atoms with Crippen molar-refractivity contribution in [3.63, 3.8) is 0 Å². The van der Waals surface area contributed by atoms with E-state index in [0.717, 1.165) is 21.6 Å². The number of phenols is 2. The van der Waals surface area contributed by atoms with Crippen LogP contribution in [0.25, 0.3) is 10.9 Å². The number of amides is 12. The molecule has 3 heterocycles. The van der Waals surface area contributed by atoms with Crippen LogP contribution < -0.4 is 81.4 Å². The van der Waals surface area contributed by atoms with Crippen molar-refractivity contribution in [1.29, 1.82) is 5.41 Å². The molecule has 8 rings (SSSR count). The fourth-order valence-electron chi connectivity index (χ4n) is 11.4. The first kappa shape index (κ1) is 80.7. The van der Waals surface area contributed by atoms with Crippen LogP contribution in [0.2, 0.25) is 0 Å². The molecule has 0 unspecified atom stereocenters. The molecule has 1 aliphatic rings. The number of aromatic amines is 2. The Bertz CT molecular complexity index is 4250. The number of rotatable bonds is 23. The average molecular weight is 1510 g/mol. The number of guanidine groups is 1. The van der Waals surface area contributed by atoms with Crippen molar-refractivity contribution < 1.29 is 67.7 Å². The van der Waals surface area contributed by atoms with Crippen molar-refractivity contribution in [3.05, 3.63) is 186 Å². The zero-order valence-corrected chi connectivity index (χ0v) is 59.8. The third-order valence-corrected chi connectivity index (χ3v) is 19.6. The monoisotopic (exact) mass is 1510 g/mol. The molecule has 0 bridgehead atoms. The minimum Gasteiger partial charge on any atom is -0.508 e. The van der Waals surface area contributed by atoms with E-state index in [1.54, 1.807) is 103 Å². The summed E-state index contributed by atoms with van der Waals surface area (Å²) in [6, 6.07) is 18.2. The van der Waals surface area contributed by atoms with E-state index in [4.69, 9.17) is 28.3 Å². The van der Waals surface area contributed by atoms with Crippen molar-refractivity contribution in [1.82, 2.24) is 73.4 Å². The third-order valence-electron chi connectivity index (χ3n) is 17.2. The molecular formula is C72H87N19O14S2. The standard InChI is InChI=1S/C72H87N19O14S2/c1-39-62(96)85-53(29-40-11-4-2-5-12-40)67(101)91-59(70(104)84-52(61(75)95)28-43-20-24-47(93)25-21-43)37-107-106-36-58(90-63(97)49(73)27-42-18-22-46(92)23-19-42)71(105)88-56(32-45-35-78-38-81-45)69(103)86-54(30-41-13-6-3-7-14-41)66(100)83-51(17-10-26-79-72(76)77)64(98)87-55(31-44-34-80-50-16-9-8-15-48(44)50)68(102)89-57(33-60(74)94)65(99)82-39/h2-9,11-16,18-25,34-35,38-39,49,51-59,80,92-93H,10,17,26-33,36-37,73H2,1H3,(H2,74,94)(H2,75,95)(H,78,81)(H,82,99)(H,83,100)(H,84,104)(H,85,96)(H,86,103)(H,87,98)(H,88,105)(H,89,102)(H,90,97)(H,91,101)(H4,76,77,79)/t39-,49-,51-,52-,53-,54+,55-,56-,57-,58-,59-/m0/s1. The number of nitrogens with one attached hydrogen (secondary N) is 14. The number of primary amides is 2. The highest BCUT2D eigenvalue weighted by atomic mass is 33.1. The van der Waals surface area contributed by atoms with Gasteiger partial charge in [0.1, 0.15) is 71.9 Å². The first-order valence-corrected chi connectivity index (χ1v) is 36.6. The van der Waals surface area contributed by atoms with Gasteiger partial charge >= 0.3 is 0 Å². The predicted molar refractivity (Wildman–Crippen MR) is 398 cm³/mol. The van der Waals surface area contributed by atoms with Gasteiger partial charge in [0.05, 0.1) is 24.5 Å². The molecule has 11 atom stereocenters. The van der Waals surface area contributed by atoms with Crippen LogP contribution >= 0.6 is 21.6 Å². The lowest BCUT2D eigenvalue weighted by molar-refractivity contribution is -0.136. The lowest BCUT2D eigenvalue weighted by Gasteiger charge is -2.28. The van der Waals surface area contributed by atoms with Crippen LogP contribution in [0.5, 0.6) is 11.5 Å². The Morgan fingerprint density at radius 1 is 0.561 bits per heavy atom. The van der Waals surface area contributed by atoms with E-state index < -0.39 is 150 Å². The first-order chi connectivity index (χ1) is 51.2. The van der Waals surface area contributed by atoms with Crippen LogP contribution in [-0.4, -0.2) is 187 Å². The summed E-state index contributed by atoms with van der Waals surface area (Å²) in [7, 11) is 1.80. The highest BCUT2D eigenvalue weighted by Crippen LogP contribution is 2.25. The van der Waals surface area contributed by atoms with Crippen LogP contribution in [0.1, 0.15) is 59.7 Å². The van der Waals surface area contributed by atoms with Crippen molar-refractivity contribution in [3.8, 4) is 11.5 Å². The summed E-state index contributed by atoms with van der Waals surface area (Å²) in [6.45, 7) is 1.25. The molecule has 1 fully saturated rings. The molecule has 1 aliphatic heterocycles. The summed E-state index contributed by atoms with van der Waals surface area (Å²) in [5.74, 6) is -13.1. The number of hydrogen-bond donors (Lipinski definition) is 20. The average Bonchev–Trinajstić information content (AvgIpc) is 1.73. The fraction of sp³-hybridized carbons (Fsp3) is 0.333. The highest BCUT2D eigenvalue weighted by molar-refractivity contribution is 8.76. The Hall–Kier alpha value is -12.0. The second-order valence-corrected chi connectivity index (χ2v) is 28.0. The van der Waals surface area contributed by atoms with Gasteiger partial charge in [0, 0.05) is 73.5 Å². The van der Waals surface area contributed by atoms with Gasteiger partial charge in [-0.05, 0) is 84.3 Å². The van der Waals surface area contributed by atoms with Gasteiger partial charge in [-0.3, -0.25) is 62.9 Å². The Kier molecular flexibility index (Phi) is 30.0. The van der Waals surface area contributed by atoms with Gasteiger partial charge in [0.15, 0.2) is 5.96 Å². The van der Waals surface area contributed by atoms with Gasteiger partial charge in [-0.2, -0.15) is 0 Å². The molecule has 0 radical (unpaired) electrons. The van der Waals surface area contributed by atoms with Crippen LogP contribution in [0.4, 0.5) is 0 Å². The van der Waals surface area contributed by atoms with Crippen molar-refractivity contribution in [2.24, 2.45) is 22.9 Å². The Balaban J connectivity index is 1.21. The maximum absolute atomic E-state index is 15.2. The number of phenolic OH excluding ortho intramolecular Hbond substituents is 2. The molecule has 0 aliphatic carbocycles. The minimum atomic E-state index is -1.83. The molecule has 566 valence electrons. The SMILES string of the molecule is C[C@@H]1NC(=O)[C@H](CC(N)=O)NC(=O)[C@H](Cc2c[nH]c3ccccc23)NC(=O)[C@H](CCCNC(=N)N)NC(=O)[C@@H](Cc2ccccc2)NC(=O)[C@H](Cc2c[nH]cn2)NC(=O)[C@@H](NC(=O)[C@@H](N)Cc2ccc(O)cc2)CSSC[C@@H](C(=O)N[C@@H](Cc2ccc(O)cc2)C(N)=O)NC(=O)[C@H](Cc2ccccc2)NC1=O. The smallest absolute Gasteiger partial charge is 0.244 e. The summed E-state index contributed by atoms with van der Waals surface area (Å²) >= 11 is 0. The fourth-order valence-corrected chi connectivity index (χ4v) is 13.7. The lowest BCUT2D eigenvalue weighted by Crippen LogP contribution is -2.61. The number of benzene rings is 5. The molecule has 24 N–H and O–H groups in total. The summed E-state index contributed by atoms with van der Waals surface area (Å²) < 4.78 is 0. The zero-order valence-electron chi connectivity index (χ0n) is 58.1. The van der Waals surface area contributed by atoms with Crippen LogP contribution in [0.15, 0.2) is 152 Å². The van der Waals surface area contributed by atoms with Crippen LogP contribution in [-0.2, 0) is 96.1 Å². The second kappa shape index (κ2) is 39.8. The highest BCUT2D eigenvalue weighted by Gasteiger charge is 2.38. The zero-order chi connectivity index (χ0) is 77.1. The molecule has 0 saturated carbocycles. The lowest BCUT2D eigenvalue weighted by atomic mass is 10.0. The molecule has 7 aromatic rings. The van der Waals surface area contributed by atoms with Gasteiger partial charge in [-0.1, -0.05) is 125 Å². The van der Waals surface area contributed by atoms with Crippen molar-refractivity contribution in [2.45, 2.75) is 131 Å². The molecule has 5 aromatic carbocycles. The number of carbonyl (C=O) groups is 12. The molecular weight excluding hydrogens is 1420 g/mol. The summed E-state index contributed by atoms with van der Waals surface area (Å²) in [5.41, 5.74) is 27.0. The quantitative estimate of drug-likeness (QED) is 0.0146.